The van der Waals surface area contributed by atoms with Gasteiger partial charge in [-0.05, 0) is 78.3 Å². The van der Waals surface area contributed by atoms with Gasteiger partial charge in [0.15, 0.2) is 0 Å². The van der Waals surface area contributed by atoms with Crippen molar-refractivity contribution in [3.8, 4) is 11.5 Å². The first-order valence-electron chi connectivity index (χ1n) is 10.6. The summed E-state index contributed by atoms with van der Waals surface area (Å²) in [6, 6.07) is 14.1. The number of carbonyl (C=O) groups excluding carboxylic acids is 1. The number of carboxylic acids is 2. The molecule has 0 aliphatic heterocycles. The van der Waals surface area contributed by atoms with Crippen LogP contribution >= 0.6 is 22.6 Å². The molecule has 2 aromatic rings. The zero-order valence-electron chi connectivity index (χ0n) is 19.0. The lowest BCUT2D eigenvalue weighted by atomic mass is 9.63. The highest BCUT2D eigenvalue weighted by molar-refractivity contribution is 14.1. The van der Waals surface area contributed by atoms with E-state index >= 15 is 0 Å². The Balaban J connectivity index is 1.81. The van der Waals surface area contributed by atoms with Crippen LogP contribution < -0.4 is 10.1 Å². The quantitative estimate of drug-likeness (QED) is 0.285. The Kier molecular flexibility index (Phi) is 7.09. The monoisotopic (exact) mass is 579 g/mol. The molecule has 2 aromatic carbocycles. The summed E-state index contributed by atoms with van der Waals surface area (Å²) in [4.78, 5) is 36.6. The molecule has 4 N–H and O–H groups in total. The summed E-state index contributed by atoms with van der Waals surface area (Å²) in [5, 5.41) is 32.7. The maximum atomic E-state index is 13.0. The van der Waals surface area contributed by atoms with E-state index in [1.54, 1.807) is 24.3 Å². The SMILES string of the molecule is CC1(C)[C@@](C)(C(=O)O)CC[C@]1(O)C(=O)NC(=Cc1ccc(Oc2ccccc2I)cc1)C(=O)O. The number of hydrogen-bond donors (Lipinski definition) is 4. The Bertz CT molecular complexity index is 1160. The zero-order chi connectivity index (χ0) is 25.3. The minimum absolute atomic E-state index is 0.0766. The van der Waals surface area contributed by atoms with E-state index in [0.717, 1.165) is 3.57 Å². The Labute approximate surface area is 210 Å². The lowest BCUT2D eigenvalue weighted by molar-refractivity contribution is -0.168. The Hall–Kier alpha value is -2.92. The van der Waals surface area contributed by atoms with Crippen LogP contribution in [0.1, 0.15) is 39.2 Å². The molecular weight excluding hydrogens is 553 g/mol. The molecule has 0 aromatic heterocycles. The molecule has 0 unspecified atom stereocenters. The van der Waals surface area contributed by atoms with Crippen LogP contribution in [0.4, 0.5) is 0 Å². The number of amides is 1. The Morgan fingerprint density at radius 3 is 2.15 bits per heavy atom. The van der Waals surface area contributed by atoms with Crippen molar-refractivity contribution in [3.05, 3.63) is 63.4 Å². The molecule has 9 heteroatoms. The zero-order valence-corrected chi connectivity index (χ0v) is 21.1. The van der Waals surface area contributed by atoms with Crippen molar-refractivity contribution in [1.29, 1.82) is 0 Å². The predicted molar refractivity (Wildman–Crippen MR) is 133 cm³/mol. The second-order valence-corrected chi connectivity index (χ2v) is 10.2. The molecule has 0 saturated heterocycles. The lowest BCUT2D eigenvalue weighted by Crippen LogP contribution is -2.58. The molecule has 0 heterocycles. The van der Waals surface area contributed by atoms with Crippen molar-refractivity contribution >= 4 is 46.5 Å². The highest BCUT2D eigenvalue weighted by Gasteiger charge is 2.66. The summed E-state index contributed by atoms with van der Waals surface area (Å²) in [6.07, 6.45) is 1.23. The summed E-state index contributed by atoms with van der Waals surface area (Å²) in [6.45, 7) is 4.49. The molecule has 1 aliphatic rings. The number of aliphatic carboxylic acids is 2. The molecule has 8 nitrogen and oxygen atoms in total. The number of carbonyl (C=O) groups is 3. The first-order chi connectivity index (χ1) is 15.8. The maximum absolute atomic E-state index is 13.0. The van der Waals surface area contributed by atoms with E-state index in [9.17, 15) is 29.7 Å². The summed E-state index contributed by atoms with van der Waals surface area (Å²) in [7, 11) is 0. The highest BCUT2D eigenvalue weighted by atomic mass is 127. The average Bonchev–Trinajstić information content (AvgIpc) is 2.97. The molecule has 3 rings (SSSR count). The van der Waals surface area contributed by atoms with Crippen molar-refractivity contribution < 1.29 is 34.4 Å². The van der Waals surface area contributed by atoms with Gasteiger partial charge in [0, 0.05) is 5.41 Å². The van der Waals surface area contributed by atoms with Crippen LogP contribution in [0.15, 0.2) is 54.2 Å². The van der Waals surface area contributed by atoms with Crippen molar-refractivity contribution in [2.75, 3.05) is 0 Å². The molecule has 0 spiro atoms. The van der Waals surface area contributed by atoms with Crippen molar-refractivity contribution in [2.45, 2.75) is 39.2 Å². The van der Waals surface area contributed by atoms with Crippen LogP contribution in [0, 0.1) is 14.4 Å². The third kappa shape index (κ3) is 4.54. The van der Waals surface area contributed by atoms with Gasteiger partial charge in [0.2, 0.25) is 0 Å². The molecule has 0 bridgehead atoms. The molecule has 1 saturated carbocycles. The van der Waals surface area contributed by atoms with E-state index < -0.39 is 40.0 Å². The van der Waals surface area contributed by atoms with Crippen molar-refractivity contribution in [2.24, 2.45) is 10.8 Å². The fourth-order valence-electron chi connectivity index (χ4n) is 4.11. The van der Waals surface area contributed by atoms with Gasteiger partial charge < -0.3 is 25.4 Å². The number of aliphatic hydroxyl groups is 1. The van der Waals surface area contributed by atoms with Crippen LogP contribution in [0.5, 0.6) is 11.5 Å². The number of ether oxygens (including phenoxy) is 1. The Morgan fingerprint density at radius 2 is 1.62 bits per heavy atom. The first kappa shape index (κ1) is 25.7. The van der Waals surface area contributed by atoms with E-state index in [2.05, 4.69) is 27.9 Å². The summed E-state index contributed by atoms with van der Waals surface area (Å²) in [5.74, 6) is -2.23. The van der Waals surface area contributed by atoms with Gasteiger partial charge >= 0.3 is 11.9 Å². The van der Waals surface area contributed by atoms with Gasteiger partial charge in [0.1, 0.15) is 22.8 Å². The van der Waals surface area contributed by atoms with Gasteiger partial charge in [-0.1, -0.05) is 38.1 Å². The van der Waals surface area contributed by atoms with E-state index in [1.165, 1.54) is 26.8 Å². The van der Waals surface area contributed by atoms with Crippen LogP contribution in [-0.4, -0.2) is 38.8 Å². The minimum atomic E-state index is -2.06. The molecule has 0 radical (unpaired) electrons. The fourth-order valence-corrected chi connectivity index (χ4v) is 4.61. The van der Waals surface area contributed by atoms with Gasteiger partial charge in [-0.25, -0.2) is 4.79 Å². The topological polar surface area (TPSA) is 133 Å². The largest absolute Gasteiger partial charge is 0.481 e. The summed E-state index contributed by atoms with van der Waals surface area (Å²) < 4.78 is 6.77. The van der Waals surface area contributed by atoms with Gasteiger partial charge in [0.05, 0.1) is 8.99 Å². The van der Waals surface area contributed by atoms with Crippen LogP contribution in [0.2, 0.25) is 0 Å². The molecule has 2 atom stereocenters. The summed E-state index contributed by atoms with van der Waals surface area (Å²) >= 11 is 2.16. The van der Waals surface area contributed by atoms with Crippen molar-refractivity contribution in [3.63, 3.8) is 0 Å². The first-order valence-corrected chi connectivity index (χ1v) is 11.6. The third-order valence-electron chi connectivity index (χ3n) is 6.98. The number of halogens is 1. The second-order valence-electron chi connectivity index (χ2n) is 9.04. The number of rotatable bonds is 7. The van der Waals surface area contributed by atoms with Crippen LogP contribution in [-0.2, 0) is 14.4 Å². The Morgan fingerprint density at radius 1 is 1.00 bits per heavy atom. The van der Waals surface area contributed by atoms with E-state index in [4.69, 9.17) is 4.74 Å². The van der Waals surface area contributed by atoms with Crippen molar-refractivity contribution in [1.82, 2.24) is 5.32 Å². The van der Waals surface area contributed by atoms with E-state index in [0.29, 0.717) is 17.1 Å². The third-order valence-corrected chi connectivity index (χ3v) is 7.87. The van der Waals surface area contributed by atoms with Crippen LogP contribution in [0.25, 0.3) is 6.08 Å². The number of benzene rings is 2. The highest BCUT2D eigenvalue weighted by Crippen LogP contribution is 2.58. The lowest BCUT2D eigenvalue weighted by Gasteiger charge is -2.42. The normalized spacial score (nSPS) is 23.9. The van der Waals surface area contributed by atoms with Crippen LogP contribution in [0.3, 0.4) is 0 Å². The van der Waals surface area contributed by atoms with Gasteiger partial charge in [-0.3, -0.25) is 9.59 Å². The smallest absolute Gasteiger partial charge is 0.352 e. The fraction of sp³-hybridized carbons (Fsp3) is 0.320. The summed E-state index contributed by atoms with van der Waals surface area (Å²) in [5.41, 5.74) is -4.70. The molecule has 1 fully saturated rings. The van der Waals surface area contributed by atoms with Gasteiger partial charge in [0.25, 0.3) is 5.91 Å². The maximum Gasteiger partial charge on any atom is 0.352 e. The molecule has 34 heavy (non-hydrogen) atoms. The standard InChI is InChI=1S/C25H26INO7/c1-23(2)24(3,22(31)32)12-13-25(23,33)21(30)27-18(20(28)29)14-15-8-10-16(11-9-15)34-19-7-5-4-6-17(19)26/h4-11,14,33H,12-13H2,1-3H3,(H,27,30)(H,28,29)(H,31,32)/t24-,25+/m1/s1. The van der Waals surface area contributed by atoms with Gasteiger partial charge in [-0.15, -0.1) is 0 Å². The second kappa shape index (κ2) is 9.38. The average molecular weight is 579 g/mol. The molecule has 180 valence electrons. The van der Waals surface area contributed by atoms with Gasteiger partial charge in [-0.2, -0.15) is 0 Å². The molecular formula is C25H26INO7. The predicted octanol–water partition coefficient (Wildman–Crippen LogP) is 4.27. The minimum Gasteiger partial charge on any atom is -0.481 e. The number of para-hydroxylation sites is 1. The van der Waals surface area contributed by atoms with E-state index in [-0.39, 0.29) is 12.8 Å². The number of hydrogen-bond acceptors (Lipinski definition) is 5. The molecule has 1 amide bonds. The molecule has 1 aliphatic carbocycles. The number of carboxylic acid groups (broad SMARTS) is 2. The van der Waals surface area contributed by atoms with E-state index in [1.807, 2.05) is 24.3 Å². The number of nitrogens with one attached hydrogen (secondary N) is 1.